The lowest BCUT2D eigenvalue weighted by molar-refractivity contribution is -0.0767. The number of nitrogens with zero attached hydrogens (tertiary/aromatic N) is 5. The van der Waals surface area contributed by atoms with Crippen LogP contribution in [0.3, 0.4) is 0 Å². The maximum Gasteiger partial charge on any atom is 0.246 e. The lowest BCUT2D eigenvalue weighted by atomic mass is 10.1. The lowest BCUT2D eigenvalue weighted by Crippen LogP contribution is -2.43. The molecule has 22 heavy (non-hydrogen) atoms. The van der Waals surface area contributed by atoms with E-state index in [0.717, 1.165) is 18.8 Å². The molecule has 7 heteroatoms. The van der Waals surface area contributed by atoms with Gasteiger partial charge in [0.2, 0.25) is 5.89 Å². The van der Waals surface area contributed by atoms with Gasteiger partial charge in [-0.25, -0.2) is 0 Å². The quantitative estimate of drug-likeness (QED) is 0.862. The van der Waals surface area contributed by atoms with Crippen LogP contribution in [-0.2, 0) is 11.3 Å². The zero-order chi connectivity index (χ0) is 15.7. The molecule has 0 amide bonds. The van der Waals surface area contributed by atoms with E-state index in [1.54, 1.807) is 0 Å². The van der Waals surface area contributed by atoms with Crippen LogP contribution in [0.5, 0.6) is 0 Å². The lowest BCUT2D eigenvalue weighted by Gasteiger charge is -2.37. The average Bonchev–Trinajstić information content (AvgIpc) is 3.08. The Balaban J connectivity index is 1.79. The van der Waals surface area contributed by atoms with Crippen molar-refractivity contribution in [2.45, 2.75) is 52.4 Å². The fourth-order valence-corrected chi connectivity index (χ4v) is 2.81. The van der Waals surface area contributed by atoms with Gasteiger partial charge in [-0.1, -0.05) is 5.16 Å². The van der Waals surface area contributed by atoms with E-state index in [-0.39, 0.29) is 12.1 Å². The van der Waals surface area contributed by atoms with Crippen molar-refractivity contribution >= 4 is 0 Å². The highest BCUT2D eigenvalue weighted by molar-refractivity contribution is 5.03. The fraction of sp³-hybridized carbons (Fsp3) is 0.667. The molecule has 2 atom stereocenters. The first-order valence-electron chi connectivity index (χ1n) is 7.74. The minimum atomic E-state index is -0.0286. The van der Waals surface area contributed by atoms with Gasteiger partial charge in [-0.05, 0) is 33.8 Å². The Hall–Kier alpha value is -1.73. The molecule has 7 nitrogen and oxygen atoms in total. The van der Waals surface area contributed by atoms with Gasteiger partial charge in [0.05, 0.1) is 18.4 Å². The topological polar surface area (TPSA) is 69.2 Å². The molecule has 2 aromatic heterocycles. The Kier molecular flexibility index (Phi) is 4.26. The van der Waals surface area contributed by atoms with E-state index in [4.69, 9.17) is 9.26 Å². The maximum atomic E-state index is 5.77. The molecule has 2 aromatic rings. The second-order valence-corrected chi connectivity index (χ2v) is 6.05. The summed E-state index contributed by atoms with van der Waals surface area (Å²) in [5, 5.41) is 8.54. The van der Waals surface area contributed by atoms with Gasteiger partial charge in [-0.3, -0.25) is 9.58 Å². The van der Waals surface area contributed by atoms with Crippen LogP contribution in [-0.4, -0.2) is 44.1 Å². The summed E-state index contributed by atoms with van der Waals surface area (Å²) in [5.41, 5.74) is 1.05. The number of aryl methyl sites for hydroxylation is 1. The third kappa shape index (κ3) is 3.05. The second-order valence-electron chi connectivity index (χ2n) is 6.05. The predicted octanol–water partition coefficient (Wildman–Crippen LogP) is 2.12. The number of rotatable bonds is 4. The molecule has 3 rings (SSSR count). The summed E-state index contributed by atoms with van der Waals surface area (Å²) >= 11 is 0. The largest absolute Gasteiger partial charge is 0.375 e. The molecule has 1 saturated heterocycles. The summed E-state index contributed by atoms with van der Waals surface area (Å²) in [7, 11) is 0. The molecule has 0 unspecified atom stereocenters. The van der Waals surface area contributed by atoms with E-state index < -0.39 is 0 Å². The predicted molar refractivity (Wildman–Crippen MR) is 80.2 cm³/mol. The van der Waals surface area contributed by atoms with Crippen molar-refractivity contribution in [2.24, 2.45) is 0 Å². The third-order valence-corrected chi connectivity index (χ3v) is 3.95. The van der Waals surface area contributed by atoms with Gasteiger partial charge < -0.3 is 9.26 Å². The minimum absolute atomic E-state index is 0.0146. The number of aromatic nitrogens is 4. The molecule has 0 saturated carbocycles. The van der Waals surface area contributed by atoms with Crippen LogP contribution in [0.2, 0.25) is 0 Å². The van der Waals surface area contributed by atoms with Gasteiger partial charge in [-0.2, -0.15) is 10.1 Å². The molecular formula is C15H23N5O2. The fourth-order valence-electron chi connectivity index (χ4n) is 2.81. The van der Waals surface area contributed by atoms with E-state index in [0.29, 0.717) is 24.4 Å². The maximum absolute atomic E-state index is 5.77. The van der Waals surface area contributed by atoms with Crippen molar-refractivity contribution in [3.05, 3.63) is 29.7 Å². The second kappa shape index (κ2) is 6.18. The molecule has 120 valence electrons. The summed E-state index contributed by atoms with van der Waals surface area (Å²) in [4.78, 5) is 6.68. The molecular weight excluding hydrogens is 282 g/mol. The molecule has 1 aliphatic heterocycles. The highest BCUT2D eigenvalue weighted by Gasteiger charge is 2.35. The molecule has 0 N–H and O–H groups in total. The van der Waals surface area contributed by atoms with Gasteiger partial charge in [0.1, 0.15) is 6.04 Å². The summed E-state index contributed by atoms with van der Waals surface area (Å²) in [6.07, 6.45) is 2.04. The van der Waals surface area contributed by atoms with E-state index in [9.17, 15) is 0 Å². The van der Waals surface area contributed by atoms with Crippen molar-refractivity contribution in [3.63, 3.8) is 0 Å². The van der Waals surface area contributed by atoms with Gasteiger partial charge in [-0.15, -0.1) is 0 Å². The van der Waals surface area contributed by atoms with Crippen LogP contribution in [0.4, 0.5) is 0 Å². The number of hydrogen-bond acceptors (Lipinski definition) is 6. The summed E-state index contributed by atoms with van der Waals surface area (Å²) < 4.78 is 13.1. The smallest absolute Gasteiger partial charge is 0.246 e. The van der Waals surface area contributed by atoms with E-state index in [1.807, 2.05) is 24.7 Å². The van der Waals surface area contributed by atoms with E-state index in [2.05, 4.69) is 40.1 Å². The van der Waals surface area contributed by atoms with Gasteiger partial charge in [0, 0.05) is 25.3 Å². The number of ether oxygens (including phenoxy) is 1. The van der Waals surface area contributed by atoms with Crippen LogP contribution in [0.1, 0.15) is 50.3 Å². The van der Waals surface area contributed by atoms with E-state index in [1.165, 1.54) is 0 Å². The van der Waals surface area contributed by atoms with Crippen LogP contribution < -0.4 is 0 Å². The van der Waals surface area contributed by atoms with Crippen molar-refractivity contribution < 1.29 is 9.26 Å². The zero-order valence-electron chi connectivity index (χ0n) is 13.6. The Morgan fingerprint density at radius 2 is 2.23 bits per heavy atom. The summed E-state index contributed by atoms with van der Waals surface area (Å²) in [6.45, 7) is 10.4. The van der Waals surface area contributed by atoms with Crippen LogP contribution in [0, 0.1) is 6.92 Å². The molecule has 3 heterocycles. The molecule has 0 bridgehead atoms. The summed E-state index contributed by atoms with van der Waals surface area (Å²) in [5.74, 6) is 1.27. The summed E-state index contributed by atoms with van der Waals surface area (Å²) in [6, 6.07) is 2.40. The van der Waals surface area contributed by atoms with Gasteiger partial charge in [0.15, 0.2) is 5.82 Å². The molecule has 0 aromatic carbocycles. The first-order valence-corrected chi connectivity index (χ1v) is 7.74. The first kappa shape index (κ1) is 15.2. The van der Waals surface area contributed by atoms with E-state index >= 15 is 0 Å². The van der Waals surface area contributed by atoms with Gasteiger partial charge in [0.25, 0.3) is 0 Å². The van der Waals surface area contributed by atoms with Crippen LogP contribution in [0.15, 0.2) is 16.8 Å². The Labute approximate surface area is 130 Å². The standard InChI is InChI=1S/C15H23N5O2/c1-10(2)20-6-5-13(17-20)9-19-7-8-21-11(3)14(19)15-16-12(4)18-22-15/h5-6,10-11,14H,7-9H2,1-4H3/t11-,14+/m1/s1. The van der Waals surface area contributed by atoms with Crippen molar-refractivity contribution in [2.75, 3.05) is 13.2 Å². The molecule has 0 radical (unpaired) electrons. The van der Waals surface area contributed by atoms with Crippen LogP contribution in [0.25, 0.3) is 0 Å². The molecule has 0 spiro atoms. The Morgan fingerprint density at radius 3 is 2.86 bits per heavy atom. The van der Waals surface area contributed by atoms with Crippen molar-refractivity contribution in [3.8, 4) is 0 Å². The SMILES string of the molecule is Cc1noc([C@@H]2[C@@H](C)OCCN2Cc2ccn(C(C)C)n2)n1. The Morgan fingerprint density at radius 1 is 1.41 bits per heavy atom. The first-order chi connectivity index (χ1) is 10.5. The number of morpholine rings is 1. The van der Waals surface area contributed by atoms with Crippen molar-refractivity contribution in [1.82, 2.24) is 24.8 Å². The monoisotopic (exact) mass is 305 g/mol. The molecule has 1 aliphatic rings. The number of hydrogen-bond donors (Lipinski definition) is 0. The normalized spacial score (nSPS) is 23.3. The highest BCUT2D eigenvalue weighted by Crippen LogP contribution is 2.29. The van der Waals surface area contributed by atoms with Crippen molar-refractivity contribution in [1.29, 1.82) is 0 Å². The average molecular weight is 305 g/mol. The Bertz CT molecular complexity index is 621. The highest BCUT2D eigenvalue weighted by atomic mass is 16.5. The molecule has 0 aliphatic carbocycles. The third-order valence-electron chi connectivity index (χ3n) is 3.95. The minimum Gasteiger partial charge on any atom is -0.375 e. The van der Waals surface area contributed by atoms with Gasteiger partial charge >= 0.3 is 0 Å². The molecule has 1 fully saturated rings. The zero-order valence-corrected chi connectivity index (χ0v) is 13.6. The van der Waals surface area contributed by atoms with Crippen LogP contribution >= 0.6 is 0 Å².